The zero-order valence-electron chi connectivity index (χ0n) is 21.5. The molecular formula is C29H41NO4. The summed E-state index contributed by atoms with van der Waals surface area (Å²) < 4.78 is 13.5. The quantitative estimate of drug-likeness (QED) is 0.687. The molecule has 1 aromatic rings. The van der Waals surface area contributed by atoms with Crippen LogP contribution in [0.25, 0.3) is 0 Å². The number of aliphatic hydroxyl groups is 1. The van der Waals surface area contributed by atoms with Gasteiger partial charge in [-0.1, -0.05) is 26.8 Å². The van der Waals surface area contributed by atoms with Crippen LogP contribution in [0.5, 0.6) is 11.5 Å². The molecule has 2 heterocycles. The predicted molar refractivity (Wildman–Crippen MR) is 130 cm³/mol. The van der Waals surface area contributed by atoms with Gasteiger partial charge in [-0.05, 0) is 81.4 Å². The molecule has 5 heteroatoms. The average Bonchev–Trinajstić information content (AvgIpc) is 3.53. The fourth-order valence-corrected chi connectivity index (χ4v) is 9.58. The zero-order chi connectivity index (χ0) is 23.9. The lowest BCUT2D eigenvalue weighted by atomic mass is 9.33. The van der Waals surface area contributed by atoms with Gasteiger partial charge in [-0.25, -0.2) is 0 Å². The lowest BCUT2D eigenvalue weighted by molar-refractivity contribution is -0.312. The van der Waals surface area contributed by atoms with Crippen LogP contribution >= 0.6 is 0 Å². The van der Waals surface area contributed by atoms with Crippen LogP contribution in [0.15, 0.2) is 12.1 Å². The maximum absolute atomic E-state index is 12.2. The third-order valence-electron chi connectivity index (χ3n) is 11.9. The van der Waals surface area contributed by atoms with Gasteiger partial charge in [-0.2, -0.15) is 0 Å². The van der Waals surface area contributed by atoms with Crippen LogP contribution in [0.4, 0.5) is 0 Å². The summed E-state index contributed by atoms with van der Waals surface area (Å²) in [7, 11) is 1.83. The summed E-state index contributed by atoms with van der Waals surface area (Å²) in [6.07, 6.45) is 7.64. The van der Waals surface area contributed by atoms with Crippen molar-refractivity contribution in [2.45, 2.75) is 101 Å². The van der Waals surface area contributed by atoms with Crippen molar-refractivity contribution in [2.24, 2.45) is 22.7 Å². The number of nitrogens with zero attached hydrogens (tertiary/aromatic N) is 1. The molecule has 186 valence electrons. The summed E-state index contributed by atoms with van der Waals surface area (Å²) in [5.74, 6) is 1.80. The number of hydrogen-bond acceptors (Lipinski definition) is 5. The Morgan fingerprint density at radius 3 is 2.59 bits per heavy atom. The number of phenols is 1. The zero-order valence-corrected chi connectivity index (χ0v) is 21.5. The van der Waals surface area contributed by atoms with E-state index in [-0.39, 0.29) is 34.0 Å². The van der Waals surface area contributed by atoms with E-state index in [0.29, 0.717) is 11.8 Å². The molecule has 0 radical (unpaired) electrons. The SMILES string of the molecule is CO[C@]12CC[C@@]3(C[C@@H]1[C@](C)(O)C(C)(C)C)[C@H]1Cc4ccc(O)c5c4C3(CCN1CC1CC1)[C@H]2O5. The number of benzene rings is 1. The van der Waals surface area contributed by atoms with Crippen molar-refractivity contribution in [3.8, 4) is 11.5 Å². The van der Waals surface area contributed by atoms with E-state index >= 15 is 0 Å². The number of phenolic OH excluding ortho intramolecular Hbond substituents is 1. The van der Waals surface area contributed by atoms with E-state index in [1.807, 2.05) is 20.1 Å². The first-order valence-corrected chi connectivity index (χ1v) is 13.6. The van der Waals surface area contributed by atoms with Crippen molar-refractivity contribution in [2.75, 3.05) is 20.2 Å². The van der Waals surface area contributed by atoms with Gasteiger partial charge in [0.15, 0.2) is 11.5 Å². The van der Waals surface area contributed by atoms with Crippen molar-refractivity contribution >= 4 is 0 Å². The van der Waals surface area contributed by atoms with Crippen molar-refractivity contribution in [1.82, 2.24) is 4.90 Å². The van der Waals surface area contributed by atoms with Crippen LogP contribution in [-0.2, 0) is 16.6 Å². The lowest BCUT2D eigenvalue weighted by Gasteiger charge is -2.75. The van der Waals surface area contributed by atoms with Crippen LogP contribution in [0.3, 0.4) is 0 Å². The molecule has 5 aliphatic carbocycles. The molecule has 7 atom stereocenters. The van der Waals surface area contributed by atoms with Gasteiger partial charge in [0.1, 0.15) is 11.7 Å². The molecule has 0 aromatic heterocycles. The molecular weight excluding hydrogens is 426 g/mol. The molecule has 34 heavy (non-hydrogen) atoms. The van der Waals surface area contributed by atoms with Crippen LogP contribution in [0, 0.1) is 22.7 Å². The Balaban J connectivity index is 1.47. The fourth-order valence-electron chi connectivity index (χ4n) is 9.58. The highest BCUT2D eigenvalue weighted by Crippen LogP contribution is 2.78. The van der Waals surface area contributed by atoms with E-state index in [2.05, 4.69) is 31.7 Å². The Bertz CT molecular complexity index is 1060. The molecule has 0 amide bonds. The molecule has 1 saturated heterocycles. The average molecular weight is 468 g/mol. The van der Waals surface area contributed by atoms with Crippen molar-refractivity contribution in [3.05, 3.63) is 23.3 Å². The summed E-state index contributed by atoms with van der Waals surface area (Å²) in [5.41, 5.74) is 0.783. The van der Waals surface area contributed by atoms with Gasteiger partial charge < -0.3 is 19.7 Å². The standard InChI is InChI=1S/C29H41NO4/c1-25(2,3)26(4,32)20-15-27-10-11-29(20,33-5)24-28(27)12-13-30(16-17-6-7-17)21(27)14-18-8-9-19(31)23(34-24)22(18)28/h8-9,17,20-21,24,31-32H,6-7,10-16H2,1-5H3/t20-,21-,24-,26+,27-,28?,29-/m1/s1. The van der Waals surface area contributed by atoms with Crippen LogP contribution < -0.4 is 4.74 Å². The van der Waals surface area contributed by atoms with E-state index in [1.54, 1.807) is 0 Å². The van der Waals surface area contributed by atoms with Gasteiger partial charge in [0.2, 0.25) is 0 Å². The number of piperidine rings is 1. The molecule has 4 bridgehead atoms. The molecule has 1 aromatic carbocycles. The first-order valence-electron chi connectivity index (χ1n) is 13.6. The topological polar surface area (TPSA) is 62.2 Å². The summed E-state index contributed by atoms with van der Waals surface area (Å²) in [6.45, 7) is 10.8. The number of ether oxygens (including phenoxy) is 2. The Morgan fingerprint density at radius 1 is 1.15 bits per heavy atom. The number of rotatable bonds is 4. The fraction of sp³-hybridized carbons (Fsp3) is 0.793. The molecule has 5 fully saturated rings. The van der Waals surface area contributed by atoms with Gasteiger partial charge in [0.05, 0.1) is 5.60 Å². The number of likely N-dealkylation sites (tertiary alicyclic amines) is 1. The second-order valence-electron chi connectivity index (χ2n) is 13.8. The van der Waals surface area contributed by atoms with Gasteiger partial charge in [-0.15, -0.1) is 0 Å². The van der Waals surface area contributed by atoms with E-state index in [1.165, 1.54) is 30.5 Å². The number of aromatic hydroxyl groups is 1. The van der Waals surface area contributed by atoms with Crippen molar-refractivity contribution < 1.29 is 19.7 Å². The van der Waals surface area contributed by atoms with Gasteiger partial charge >= 0.3 is 0 Å². The maximum Gasteiger partial charge on any atom is 0.165 e. The largest absolute Gasteiger partial charge is 0.504 e. The minimum Gasteiger partial charge on any atom is -0.504 e. The normalized spacial score (nSPS) is 43.9. The first-order chi connectivity index (χ1) is 16.0. The van der Waals surface area contributed by atoms with Gasteiger partial charge in [-0.3, -0.25) is 4.90 Å². The summed E-state index contributed by atoms with van der Waals surface area (Å²) in [6, 6.07) is 4.46. The monoisotopic (exact) mass is 467 g/mol. The molecule has 8 rings (SSSR count). The van der Waals surface area contributed by atoms with E-state index < -0.39 is 11.2 Å². The molecule has 2 N–H and O–H groups in total. The van der Waals surface area contributed by atoms with Gasteiger partial charge in [0, 0.05) is 42.0 Å². The van der Waals surface area contributed by atoms with Crippen molar-refractivity contribution in [3.63, 3.8) is 0 Å². The second kappa shape index (κ2) is 6.33. The highest BCUT2D eigenvalue weighted by atomic mass is 16.6. The lowest BCUT2D eigenvalue weighted by Crippen LogP contribution is -2.83. The minimum absolute atomic E-state index is 0.0294. The van der Waals surface area contributed by atoms with Gasteiger partial charge in [0.25, 0.3) is 0 Å². The molecule has 4 saturated carbocycles. The van der Waals surface area contributed by atoms with E-state index in [4.69, 9.17) is 9.47 Å². The van der Waals surface area contributed by atoms with E-state index in [9.17, 15) is 10.2 Å². The Hall–Kier alpha value is -1.30. The Morgan fingerprint density at radius 2 is 1.91 bits per heavy atom. The highest BCUT2D eigenvalue weighted by molar-refractivity contribution is 5.63. The van der Waals surface area contributed by atoms with Crippen molar-refractivity contribution in [1.29, 1.82) is 0 Å². The molecule has 2 aliphatic heterocycles. The maximum atomic E-state index is 12.2. The molecule has 5 nitrogen and oxygen atoms in total. The summed E-state index contributed by atoms with van der Waals surface area (Å²) >= 11 is 0. The Labute approximate surface area is 203 Å². The predicted octanol–water partition coefficient (Wildman–Crippen LogP) is 4.41. The third kappa shape index (κ3) is 2.25. The first kappa shape index (κ1) is 21.9. The smallest absolute Gasteiger partial charge is 0.165 e. The number of fused-ring (bicyclic) bond motifs is 2. The third-order valence-corrected chi connectivity index (χ3v) is 11.9. The van der Waals surface area contributed by atoms with Crippen LogP contribution in [0.1, 0.15) is 77.3 Å². The highest BCUT2D eigenvalue weighted by Gasteiger charge is 2.82. The Kier molecular flexibility index (Phi) is 4.08. The summed E-state index contributed by atoms with van der Waals surface area (Å²) in [4.78, 5) is 2.82. The molecule has 1 unspecified atom stereocenters. The number of methoxy groups -OCH3 is 1. The second-order valence-corrected chi connectivity index (χ2v) is 13.8. The summed E-state index contributed by atoms with van der Waals surface area (Å²) in [5, 5.41) is 23.2. The van der Waals surface area contributed by atoms with Crippen LogP contribution in [0.2, 0.25) is 0 Å². The number of hydrogen-bond donors (Lipinski definition) is 2. The molecule has 7 aliphatic rings. The van der Waals surface area contributed by atoms with E-state index in [0.717, 1.165) is 44.6 Å². The minimum atomic E-state index is -0.909. The van der Waals surface area contributed by atoms with Crippen LogP contribution in [-0.4, -0.2) is 58.7 Å². The molecule has 2 spiro atoms.